The van der Waals surface area contributed by atoms with Gasteiger partial charge in [0.05, 0.1) is 22.7 Å². The lowest BCUT2D eigenvalue weighted by Gasteiger charge is -2.34. The zero-order valence-electron chi connectivity index (χ0n) is 68.4. The van der Waals surface area contributed by atoms with E-state index in [1.807, 2.05) is 97.1 Å². The van der Waals surface area contributed by atoms with Crippen LogP contribution in [-0.2, 0) is 0 Å². The number of aryl methyl sites for hydroxylation is 3. The average Bonchev–Trinajstić information content (AvgIpc) is 0.730. The van der Waals surface area contributed by atoms with Crippen molar-refractivity contribution in [1.29, 1.82) is 0 Å². The van der Waals surface area contributed by atoms with Crippen LogP contribution in [0, 0.1) is 20.8 Å². The van der Waals surface area contributed by atoms with Crippen molar-refractivity contribution in [2.75, 3.05) is 14.7 Å². The molecular formula is C111H74B3N3O8. The molecule has 590 valence electrons. The highest BCUT2D eigenvalue weighted by Gasteiger charge is 2.44. The van der Waals surface area contributed by atoms with Gasteiger partial charge in [-0.05, 0) is 286 Å². The van der Waals surface area contributed by atoms with Gasteiger partial charge in [-0.15, -0.1) is 0 Å². The van der Waals surface area contributed by atoms with E-state index in [0.29, 0.717) is 0 Å². The summed E-state index contributed by atoms with van der Waals surface area (Å²) in [5, 5.41) is 0. The third-order valence-corrected chi connectivity index (χ3v) is 25.1. The molecule has 0 saturated heterocycles. The van der Waals surface area contributed by atoms with Gasteiger partial charge in [-0.3, -0.25) is 0 Å². The number of rotatable bonds is 8. The minimum absolute atomic E-state index is 0.0730. The largest absolute Gasteiger partial charge is 0.458 e. The zero-order chi connectivity index (χ0) is 82.9. The van der Waals surface area contributed by atoms with E-state index in [1.165, 1.54) is 38.3 Å². The molecule has 8 aliphatic heterocycles. The van der Waals surface area contributed by atoms with Crippen LogP contribution < -0.4 is 102 Å². The van der Waals surface area contributed by atoms with Gasteiger partial charge in [-0.1, -0.05) is 212 Å². The molecule has 0 N–H and O–H groups in total. The monoisotopic (exact) mass is 1610 g/mol. The van der Waals surface area contributed by atoms with Gasteiger partial charge in [-0.25, -0.2) is 0 Å². The van der Waals surface area contributed by atoms with Crippen molar-refractivity contribution in [3.05, 3.63) is 411 Å². The standard InChI is InChI=1S/2C37H24BNO3.C37H26BNO2/c1-23-20-25(39-29-12-4-8-16-33(29)42-34-17-9-5-13-30(34)39)18-19-26(23)24-21-35-37-36(22-24)41-32-15-7-3-11-28(32)38(37)27-10-2-6-14-31(27)40-35;1-23-20-24(18-19-28(23)39-29-12-4-8-16-33(29)42-34-17-9-5-13-30(34)39)25-21-35-37-36(22-25)41-32-15-7-3-11-27(32)38(37)26-10-2-6-14-31(26)40-35;1-25-22-26(20-21-32(25)39(28-12-4-2-5-13-28)29-14-6-3-7-15-29)27-23-35-37-36(24-27)41-34-19-11-9-17-31(34)38(37)30-16-8-10-18-33(30)40-35/h2*2-22H,1H3;2-24H,1H3. The zero-order valence-corrected chi connectivity index (χ0v) is 68.4. The van der Waals surface area contributed by atoms with Crippen LogP contribution in [0.2, 0.25) is 0 Å². The maximum atomic E-state index is 6.54. The van der Waals surface area contributed by atoms with E-state index >= 15 is 0 Å². The summed E-state index contributed by atoms with van der Waals surface area (Å²) in [6.07, 6.45) is 0. The summed E-state index contributed by atoms with van der Waals surface area (Å²) in [7, 11) is 0. The van der Waals surface area contributed by atoms with Gasteiger partial charge >= 0.3 is 0 Å². The van der Waals surface area contributed by atoms with Gasteiger partial charge in [0.1, 0.15) is 69.0 Å². The van der Waals surface area contributed by atoms with Gasteiger partial charge in [0, 0.05) is 44.8 Å². The molecule has 125 heavy (non-hydrogen) atoms. The summed E-state index contributed by atoms with van der Waals surface area (Å²) >= 11 is 0. The Hall–Kier alpha value is -16.0. The molecule has 18 aromatic carbocycles. The topological polar surface area (TPSA) is 83.6 Å². The van der Waals surface area contributed by atoms with Crippen LogP contribution >= 0.6 is 0 Å². The Balaban J connectivity index is 0.000000105. The quantitative estimate of drug-likeness (QED) is 0.136. The van der Waals surface area contributed by atoms with E-state index in [-0.39, 0.29) is 20.1 Å². The fraction of sp³-hybridized carbons (Fsp3) is 0.0270. The summed E-state index contributed by atoms with van der Waals surface area (Å²) in [6.45, 7) is 6.73. The molecule has 0 atom stereocenters. The molecule has 0 spiro atoms. The van der Waals surface area contributed by atoms with Crippen molar-refractivity contribution in [1.82, 2.24) is 0 Å². The Labute approximate surface area is 725 Å². The molecular weight excluding hydrogens is 1540 g/mol. The minimum Gasteiger partial charge on any atom is -0.458 e. The Morgan fingerprint density at radius 1 is 0.200 bits per heavy atom. The first kappa shape index (κ1) is 72.9. The number of hydrogen-bond donors (Lipinski definition) is 0. The maximum absolute atomic E-state index is 6.54. The average molecular weight is 1610 g/mol. The third kappa shape index (κ3) is 12.4. The van der Waals surface area contributed by atoms with Crippen molar-refractivity contribution < 1.29 is 37.9 Å². The molecule has 0 fully saturated rings. The lowest BCUT2D eigenvalue weighted by atomic mass is 9.35. The van der Waals surface area contributed by atoms with Crippen molar-refractivity contribution in [3.8, 4) is 125 Å². The van der Waals surface area contributed by atoms with Gasteiger partial charge in [0.25, 0.3) is 20.1 Å². The van der Waals surface area contributed by atoms with Crippen molar-refractivity contribution >= 4 is 120 Å². The molecule has 0 amide bonds. The van der Waals surface area contributed by atoms with Crippen molar-refractivity contribution in [3.63, 3.8) is 0 Å². The molecule has 8 aliphatic rings. The molecule has 26 rings (SSSR count). The van der Waals surface area contributed by atoms with Crippen LogP contribution in [0.4, 0.5) is 51.2 Å². The fourth-order valence-electron chi connectivity index (χ4n) is 19.5. The number of para-hydroxylation sites is 16. The first-order chi connectivity index (χ1) is 61.7. The minimum atomic E-state index is 0.0730. The first-order valence-corrected chi connectivity index (χ1v) is 42.4. The number of fused-ring (bicyclic) bond motifs is 16. The van der Waals surface area contributed by atoms with E-state index in [0.717, 1.165) is 204 Å². The van der Waals surface area contributed by atoms with E-state index in [1.54, 1.807) is 0 Å². The normalized spacial score (nSPS) is 13.0. The highest BCUT2D eigenvalue weighted by atomic mass is 16.5. The summed E-state index contributed by atoms with van der Waals surface area (Å²) in [4.78, 5) is 6.86. The molecule has 11 nitrogen and oxygen atoms in total. The Bertz CT molecular complexity index is 7110. The second kappa shape index (κ2) is 29.7. The SMILES string of the molecule is Cc1cc(-c2cc3c4c(c2)Oc2ccccc2B4c2ccccc2O3)ccc1N(c1ccccc1)c1ccccc1.Cc1cc(-c2cc3c4c(c2)Oc2ccccc2B4c2ccccc2O3)ccc1N1c2ccccc2Oc2ccccc21.Cc1cc(N2c3ccccc3Oc3ccccc32)ccc1-c1cc2c3c(c1)Oc1ccccc1B3c1ccccc1O2. The fourth-order valence-corrected chi connectivity index (χ4v) is 19.5. The molecule has 14 heteroatoms. The van der Waals surface area contributed by atoms with Gasteiger partial charge in [0.15, 0.2) is 23.0 Å². The Morgan fingerprint density at radius 3 is 0.824 bits per heavy atom. The highest BCUT2D eigenvalue weighted by molar-refractivity contribution is 6.99. The van der Waals surface area contributed by atoms with Crippen LogP contribution in [0.3, 0.4) is 0 Å². The van der Waals surface area contributed by atoms with Crippen LogP contribution in [0.1, 0.15) is 16.7 Å². The van der Waals surface area contributed by atoms with Gasteiger partial charge in [0.2, 0.25) is 0 Å². The van der Waals surface area contributed by atoms with Gasteiger partial charge in [-0.2, -0.15) is 0 Å². The molecule has 0 aromatic heterocycles. The molecule has 0 saturated carbocycles. The van der Waals surface area contributed by atoms with E-state index < -0.39 is 0 Å². The highest BCUT2D eigenvalue weighted by Crippen LogP contribution is 2.54. The molecule has 0 aliphatic carbocycles. The molecule has 18 aromatic rings. The smallest absolute Gasteiger partial charge is 0.260 e. The van der Waals surface area contributed by atoms with Gasteiger partial charge < -0.3 is 52.6 Å². The second-order valence-electron chi connectivity index (χ2n) is 32.6. The summed E-state index contributed by atoms with van der Waals surface area (Å²) in [5.41, 5.74) is 30.0. The first-order valence-electron chi connectivity index (χ1n) is 42.4. The van der Waals surface area contributed by atoms with Crippen molar-refractivity contribution in [2.45, 2.75) is 20.8 Å². The number of ether oxygens (including phenoxy) is 8. The van der Waals surface area contributed by atoms with E-state index in [4.69, 9.17) is 37.9 Å². The predicted octanol–water partition coefficient (Wildman–Crippen LogP) is 23.8. The molecule has 0 radical (unpaired) electrons. The second-order valence-corrected chi connectivity index (χ2v) is 32.6. The van der Waals surface area contributed by atoms with Crippen LogP contribution in [0.15, 0.2) is 394 Å². The number of hydrogen-bond acceptors (Lipinski definition) is 11. The Morgan fingerprint density at radius 2 is 0.488 bits per heavy atom. The molecule has 0 unspecified atom stereocenters. The number of benzene rings is 18. The summed E-state index contributed by atoms with van der Waals surface area (Å²) in [6, 6.07) is 137. The van der Waals surface area contributed by atoms with Crippen LogP contribution in [-0.4, -0.2) is 20.1 Å². The van der Waals surface area contributed by atoms with E-state index in [9.17, 15) is 0 Å². The maximum Gasteiger partial charge on any atom is 0.260 e. The van der Waals surface area contributed by atoms with E-state index in [2.05, 4.69) is 333 Å². The number of nitrogens with zero attached hydrogens (tertiary/aromatic N) is 3. The Kier molecular flexibility index (Phi) is 17.3. The number of anilines is 9. The molecule has 0 bridgehead atoms. The van der Waals surface area contributed by atoms with Crippen LogP contribution in [0.25, 0.3) is 33.4 Å². The lowest BCUT2D eigenvalue weighted by Crippen LogP contribution is -2.57. The molecule has 8 heterocycles. The third-order valence-electron chi connectivity index (χ3n) is 25.1. The summed E-state index contributed by atoms with van der Waals surface area (Å²) < 4.78 is 51.6. The van der Waals surface area contributed by atoms with Crippen LogP contribution in [0.5, 0.6) is 92.0 Å². The van der Waals surface area contributed by atoms with Crippen molar-refractivity contribution in [2.24, 2.45) is 0 Å². The summed E-state index contributed by atoms with van der Waals surface area (Å²) in [5.74, 6) is 13.9. The predicted molar refractivity (Wildman–Crippen MR) is 507 cm³/mol. The lowest BCUT2D eigenvalue weighted by molar-refractivity contribution is 0.464.